The number of piperidine rings is 1. The van der Waals surface area contributed by atoms with Gasteiger partial charge in [0.05, 0.1) is 11.4 Å². The van der Waals surface area contributed by atoms with E-state index < -0.39 is 15.9 Å². The topological polar surface area (TPSA) is 102 Å². The molecule has 1 amide bonds. The summed E-state index contributed by atoms with van der Waals surface area (Å²) in [6, 6.07) is 6.40. The van der Waals surface area contributed by atoms with Crippen LogP contribution < -0.4 is 5.32 Å². The number of carbonyl (C=O) groups excluding carboxylic acids is 1. The van der Waals surface area contributed by atoms with E-state index in [0.717, 1.165) is 19.3 Å². The summed E-state index contributed by atoms with van der Waals surface area (Å²) in [5.41, 5.74) is 1.23. The van der Waals surface area contributed by atoms with Gasteiger partial charge in [0.25, 0.3) is 5.91 Å². The van der Waals surface area contributed by atoms with Gasteiger partial charge in [-0.25, -0.2) is 18.1 Å². The maximum Gasteiger partial charge on any atom is 0.272 e. The van der Waals surface area contributed by atoms with Gasteiger partial charge in [0.2, 0.25) is 10.0 Å². The predicted molar refractivity (Wildman–Crippen MR) is 112 cm³/mol. The third-order valence-corrected chi connectivity index (χ3v) is 7.14. The van der Waals surface area contributed by atoms with Gasteiger partial charge in [0.1, 0.15) is 23.2 Å². The first kappa shape index (κ1) is 20.6. The third kappa shape index (κ3) is 3.98. The highest BCUT2D eigenvalue weighted by atomic mass is 35.5. The van der Waals surface area contributed by atoms with Crippen molar-refractivity contribution in [3.63, 3.8) is 0 Å². The highest BCUT2D eigenvalue weighted by molar-refractivity contribution is 7.89. The molecule has 3 heterocycles. The van der Waals surface area contributed by atoms with Gasteiger partial charge in [-0.1, -0.05) is 18.0 Å². The second-order valence-corrected chi connectivity index (χ2v) is 9.47. The summed E-state index contributed by atoms with van der Waals surface area (Å²) < 4.78 is 30.4. The Hall–Kier alpha value is -2.69. The number of hydrogen-bond acceptors (Lipinski definition) is 5. The van der Waals surface area contributed by atoms with Gasteiger partial charge in [-0.3, -0.25) is 4.79 Å². The van der Waals surface area contributed by atoms with Crippen LogP contribution in [0.2, 0.25) is 5.02 Å². The second kappa shape index (κ2) is 8.21. The van der Waals surface area contributed by atoms with Gasteiger partial charge in [-0.2, -0.15) is 9.40 Å². The van der Waals surface area contributed by atoms with Crippen LogP contribution in [0.5, 0.6) is 0 Å². The Bertz CT molecular complexity index is 1170. The number of carbonyl (C=O) groups is 1. The fraction of sp³-hybridized carbons (Fsp3) is 0.316. The molecule has 3 aromatic rings. The van der Waals surface area contributed by atoms with Gasteiger partial charge in [0.15, 0.2) is 0 Å². The molecule has 1 saturated heterocycles. The van der Waals surface area contributed by atoms with Crippen molar-refractivity contribution >= 4 is 33.2 Å². The average molecular weight is 449 g/mol. The molecule has 1 aliphatic heterocycles. The quantitative estimate of drug-likeness (QED) is 0.646. The maximum absolute atomic E-state index is 13.0. The van der Waals surface area contributed by atoms with E-state index in [1.54, 1.807) is 25.2 Å². The minimum Gasteiger partial charge on any atom is -0.345 e. The van der Waals surface area contributed by atoms with Crippen LogP contribution in [0, 0.1) is 0 Å². The molecule has 1 aliphatic rings. The van der Waals surface area contributed by atoms with Crippen molar-refractivity contribution in [2.24, 2.45) is 7.05 Å². The molecule has 9 nitrogen and oxygen atoms in total. The molecule has 30 heavy (non-hydrogen) atoms. The van der Waals surface area contributed by atoms with E-state index in [4.69, 9.17) is 11.6 Å². The minimum absolute atomic E-state index is 0.111. The van der Waals surface area contributed by atoms with E-state index >= 15 is 0 Å². The van der Waals surface area contributed by atoms with Crippen LogP contribution in [0.15, 0.2) is 48.0 Å². The third-order valence-electron chi connectivity index (χ3n) is 5.04. The second-order valence-electron chi connectivity index (χ2n) is 7.09. The highest BCUT2D eigenvalue weighted by Crippen LogP contribution is 2.26. The van der Waals surface area contributed by atoms with Crippen molar-refractivity contribution in [2.45, 2.75) is 24.2 Å². The lowest BCUT2D eigenvalue weighted by Gasteiger charge is -2.25. The monoisotopic (exact) mass is 448 g/mol. The lowest BCUT2D eigenvalue weighted by atomic mass is 10.2. The Balaban J connectivity index is 1.62. The minimum atomic E-state index is -3.63. The molecule has 0 radical (unpaired) electrons. The molecular formula is C19H21ClN6O3S. The first-order valence-corrected chi connectivity index (χ1v) is 11.3. The zero-order valence-corrected chi connectivity index (χ0v) is 17.9. The number of benzene rings is 1. The van der Waals surface area contributed by atoms with Crippen molar-refractivity contribution in [3.05, 3.63) is 53.8 Å². The molecule has 0 bridgehead atoms. The molecule has 0 aliphatic carbocycles. The van der Waals surface area contributed by atoms with Crippen LogP contribution in [0.1, 0.15) is 29.8 Å². The average Bonchev–Trinajstić information content (AvgIpc) is 3.39. The summed E-state index contributed by atoms with van der Waals surface area (Å²) in [7, 11) is -1.99. The summed E-state index contributed by atoms with van der Waals surface area (Å²) in [6.07, 6.45) is 7.08. The fourth-order valence-corrected chi connectivity index (χ4v) is 5.24. The highest BCUT2D eigenvalue weighted by Gasteiger charge is 2.28. The molecule has 1 N–H and O–H groups in total. The predicted octanol–water partition coefficient (Wildman–Crippen LogP) is 2.69. The van der Waals surface area contributed by atoms with Crippen LogP contribution in [0.25, 0.3) is 5.69 Å². The number of aryl methyl sites for hydroxylation is 1. The molecule has 2 aromatic heterocycles. The summed E-state index contributed by atoms with van der Waals surface area (Å²) in [6.45, 7) is 1.01. The number of hydrogen-bond donors (Lipinski definition) is 1. The smallest absolute Gasteiger partial charge is 0.272 e. The van der Waals surface area contributed by atoms with Crippen molar-refractivity contribution in [3.8, 4) is 5.69 Å². The normalized spacial score (nSPS) is 15.3. The van der Waals surface area contributed by atoms with Crippen LogP contribution >= 0.6 is 11.6 Å². The number of amides is 1. The SMILES string of the molecule is Cn1cc(S(=O)(=O)N2CCCCC2)cc1C(=O)Nc1cc(Cl)ccc1-n1cncn1. The number of rotatable bonds is 5. The fourth-order valence-electron chi connectivity index (χ4n) is 3.48. The number of sulfonamides is 1. The van der Waals surface area contributed by atoms with Crippen molar-refractivity contribution in [1.29, 1.82) is 0 Å². The van der Waals surface area contributed by atoms with Gasteiger partial charge < -0.3 is 9.88 Å². The largest absolute Gasteiger partial charge is 0.345 e. The number of anilines is 1. The van der Waals surface area contributed by atoms with Crippen LogP contribution in [0.4, 0.5) is 5.69 Å². The number of nitrogens with one attached hydrogen (secondary N) is 1. The zero-order valence-electron chi connectivity index (χ0n) is 16.3. The standard InChI is InChI=1S/C19H21ClN6O3S/c1-24-11-15(30(28,29)25-7-3-2-4-8-25)10-18(24)19(27)23-16-9-14(20)5-6-17(16)26-13-21-12-22-26/h5-6,9-13H,2-4,7-8H2,1H3,(H,23,27). The first-order chi connectivity index (χ1) is 14.4. The molecule has 0 atom stereocenters. The van der Waals surface area contributed by atoms with Crippen molar-refractivity contribution in [2.75, 3.05) is 18.4 Å². The Morgan fingerprint density at radius 2 is 1.93 bits per heavy atom. The summed E-state index contributed by atoms with van der Waals surface area (Å²) in [4.78, 5) is 17.0. The van der Waals surface area contributed by atoms with Crippen LogP contribution in [-0.4, -0.2) is 51.1 Å². The summed E-state index contributed by atoms with van der Waals surface area (Å²) >= 11 is 6.10. The molecule has 0 saturated carbocycles. The van der Waals surface area contributed by atoms with E-state index in [1.165, 1.54) is 38.5 Å². The molecule has 0 spiro atoms. The molecule has 1 aromatic carbocycles. The van der Waals surface area contributed by atoms with E-state index in [0.29, 0.717) is 29.5 Å². The van der Waals surface area contributed by atoms with Crippen LogP contribution in [0.3, 0.4) is 0 Å². The first-order valence-electron chi connectivity index (χ1n) is 9.49. The summed E-state index contributed by atoms with van der Waals surface area (Å²) in [5, 5.41) is 7.32. The zero-order chi connectivity index (χ0) is 21.3. The molecule has 11 heteroatoms. The molecular weight excluding hydrogens is 428 g/mol. The van der Waals surface area contributed by atoms with E-state index in [1.807, 2.05) is 0 Å². The Morgan fingerprint density at radius 1 is 1.17 bits per heavy atom. The van der Waals surface area contributed by atoms with Gasteiger partial charge in [0, 0.05) is 31.4 Å². The van der Waals surface area contributed by atoms with Gasteiger partial charge >= 0.3 is 0 Å². The Labute approximate surface area is 179 Å². The van der Waals surface area contributed by atoms with E-state index in [9.17, 15) is 13.2 Å². The number of halogens is 1. The lowest BCUT2D eigenvalue weighted by molar-refractivity contribution is 0.101. The van der Waals surface area contributed by atoms with Crippen molar-refractivity contribution < 1.29 is 13.2 Å². The van der Waals surface area contributed by atoms with Gasteiger partial charge in [-0.05, 0) is 37.1 Å². The van der Waals surface area contributed by atoms with E-state index in [-0.39, 0.29) is 10.6 Å². The summed E-state index contributed by atoms with van der Waals surface area (Å²) in [5.74, 6) is -0.457. The molecule has 0 unspecified atom stereocenters. The van der Waals surface area contributed by atoms with Gasteiger partial charge in [-0.15, -0.1) is 0 Å². The number of aromatic nitrogens is 4. The maximum atomic E-state index is 13.0. The Kier molecular flexibility index (Phi) is 5.63. The molecule has 158 valence electrons. The van der Waals surface area contributed by atoms with Crippen LogP contribution in [-0.2, 0) is 17.1 Å². The lowest BCUT2D eigenvalue weighted by Crippen LogP contribution is -2.35. The number of nitrogens with zero attached hydrogens (tertiary/aromatic N) is 5. The molecule has 4 rings (SSSR count). The molecule has 1 fully saturated rings. The van der Waals surface area contributed by atoms with E-state index in [2.05, 4.69) is 15.4 Å². The van der Waals surface area contributed by atoms with Crippen molar-refractivity contribution in [1.82, 2.24) is 23.6 Å². The Morgan fingerprint density at radius 3 is 2.63 bits per heavy atom.